The van der Waals surface area contributed by atoms with Crippen molar-refractivity contribution in [2.24, 2.45) is 0 Å². The summed E-state index contributed by atoms with van der Waals surface area (Å²) in [7, 11) is 3.70. The molecule has 0 spiro atoms. The molecule has 0 atom stereocenters. The minimum atomic E-state index is -0.00949. The molecule has 198 valence electrons. The van der Waals surface area contributed by atoms with Crippen molar-refractivity contribution in [1.29, 1.82) is 0 Å². The Bertz CT molecular complexity index is 1460. The standard InChI is InChI=1S/C31H34ClN3O2S/c1-19-9-15-25(20(2)34-19)21-10-16-27(37-4)22(17-21)18-35(24-13-11-23(33-3)12-14-24)31(36)30-29(32)26-7-5-6-8-28(26)38-30/h5-10,15-17,23-24,33H,11-14,18H2,1-4H3/t23-,24-. The van der Waals surface area contributed by atoms with Crippen LogP contribution in [0.25, 0.3) is 21.2 Å². The van der Waals surface area contributed by atoms with Gasteiger partial charge in [0.05, 0.1) is 12.1 Å². The largest absolute Gasteiger partial charge is 0.496 e. The molecule has 1 saturated carbocycles. The van der Waals surface area contributed by atoms with E-state index in [4.69, 9.17) is 16.3 Å². The lowest BCUT2D eigenvalue weighted by atomic mass is 9.89. The first kappa shape index (κ1) is 26.7. The first-order valence-electron chi connectivity index (χ1n) is 13.2. The lowest BCUT2D eigenvalue weighted by molar-refractivity contribution is 0.0604. The molecule has 1 amide bonds. The molecular weight excluding hydrogens is 514 g/mol. The Morgan fingerprint density at radius 2 is 1.87 bits per heavy atom. The van der Waals surface area contributed by atoms with Crippen LogP contribution in [0, 0.1) is 13.8 Å². The topological polar surface area (TPSA) is 54.5 Å². The molecule has 0 radical (unpaired) electrons. The number of benzene rings is 2. The number of nitrogens with zero attached hydrogens (tertiary/aromatic N) is 2. The molecule has 1 aliphatic rings. The predicted molar refractivity (Wildman–Crippen MR) is 158 cm³/mol. The number of pyridine rings is 1. The van der Waals surface area contributed by atoms with Crippen molar-refractivity contribution in [3.8, 4) is 16.9 Å². The molecule has 5 nitrogen and oxygen atoms in total. The van der Waals surface area contributed by atoms with E-state index in [1.165, 1.54) is 11.3 Å². The SMILES string of the molecule is CN[C@H]1CC[C@H](N(Cc2cc(-c3ccc(C)nc3C)ccc2OC)C(=O)c2sc3ccccc3c2Cl)CC1. The van der Waals surface area contributed by atoms with E-state index in [1.54, 1.807) is 7.11 Å². The average molecular weight is 548 g/mol. The van der Waals surface area contributed by atoms with Crippen LogP contribution in [0.2, 0.25) is 5.02 Å². The summed E-state index contributed by atoms with van der Waals surface area (Å²) in [5, 5.41) is 4.89. The van der Waals surface area contributed by atoms with Gasteiger partial charge in [-0.3, -0.25) is 9.78 Å². The second-order valence-corrected chi connectivity index (χ2v) is 11.5. The van der Waals surface area contributed by atoms with Crippen LogP contribution in [-0.4, -0.2) is 42.0 Å². The van der Waals surface area contributed by atoms with Crippen molar-refractivity contribution in [1.82, 2.24) is 15.2 Å². The molecule has 4 aromatic rings. The lowest BCUT2D eigenvalue weighted by Gasteiger charge is -2.37. The van der Waals surface area contributed by atoms with Gasteiger partial charge in [0.1, 0.15) is 10.6 Å². The highest BCUT2D eigenvalue weighted by molar-refractivity contribution is 7.21. The number of aromatic nitrogens is 1. The zero-order valence-electron chi connectivity index (χ0n) is 22.4. The zero-order valence-corrected chi connectivity index (χ0v) is 24.0. The maximum Gasteiger partial charge on any atom is 0.266 e. The third-order valence-corrected chi connectivity index (χ3v) is 9.36. The Morgan fingerprint density at radius 1 is 1.11 bits per heavy atom. The molecule has 0 aliphatic heterocycles. The fraction of sp³-hybridized carbons (Fsp3) is 0.355. The molecule has 0 saturated heterocycles. The van der Waals surface area contributed by atoms with Gasteiger partial charge in [-0.15, -0.1) is 11.3 Å². The summed E-state index contributed by atoms with van der Waals surface area (Å²) in [5.41, 5.74) is 5.10. The highest BCUT2D eigenvalue weighted by Gasteiger charge is 2.32. The smallest absolute Gasteiger partial charge is 0.266 e. The fourth-order valence-electron chi connectivity index (χ4n) is 5.57. The Morgan fingerprint density at radius 3 is 2.55 bits per heavy atom. The van der Waals surface area contributed by atoms with Gasteiger partial charge in [-0.1, -0.05) is 41.9 Å². The Labute approximate surface area is 233 Å². The van der Waals surface area contributed by atoms with Gasteiger partial charge in [0.25, 0.3) is 5.91 Å². The molecule has 0 bridgehead atoms. The number of ether oxygens (including phenoxy) is 1. The van der Waals surface area contributed by atoms with E-state index >= 15 is 0 Å². The fourth-order valence-corrected chi connectivity index (χ4v) is 7.04. The van der Waals surface area contributed by atoms with Crippen LogP contribution in [0.4, 0.5) is 0 Å². The minimum Gasteiger partial charge on any atom is -0.496 e. The number of aryl methyl sites for hydroxylation is 2. The van der Waals surface area contributed by atoms with Gasteiger partial charge in [0.2, 0.25) is 0 Å². The summed E-state index contributed by atoms with van der Waals surface area (Å²) < 4.78 is 6.81. The van der Waals surface area contributed by atoms with Crippen LogP contribution in [0.5, 0.6) is 5.75 Å². The predicted octanol–water partition coefficient (Wildman–Crippen LogP) is 7.42. The van der Waals surface area contributed by atoms with Crippen molar-refractivity contribution >= 4 is 38.9 Å². The van der Waals surface area contributed by atoms with Crippen LogP contribution >= 0.6 is 22.9 Å². The van der Waals surface area contributed by atoms with Gasteiger partial charge in [0, 0.05) is 51.2 Å². The molecule has 1 aliphatic carbocycles. The molecule has 2 heterocycles. The molecule has 5 rings (SSSR count). The van der Waals surface area contributed by atoms with Gasteiger partial charge < -0.3 is 15.0 Å². The monoisotopic (exact) mass is 547 g/mol. The minimum absolute atomic E-state index is 0.00949. The average Bonchev–Trinajstić information content (AvgIpc) is 3.28. The number of halogens is 1. The van der Waals surface area contributed by atoms with Gasteiger partial charge in [-0.05, 0) is 76.4 Å². The molecule has 0 unspecified atom stereocenters. The molecule has 38 heavy (non-hydrogen) atoms. The van der Waals surface area contributed by atoms with Crippen LogP contribution in [0.3, 0.4) is 0 Å². The molecule has 1 N–H and O–H groups in total. The summed E-state index contributed by atoms with van der Waals surface area (Å²) in [6.07, 6.45) is 3.97. The van der Waals surface area contributed by atoms with Crippen molar-refractivity contribution in [3.05, 3.63) is 81.4 Å². The summed E-state index contributed by atoms with van der Waals surface area (Å²) in [6.45, 7) is 4.49. The Kier molecular flexibility index (Phi) is 8.03. The number of hydrogen-bond acceptors (Lipinski definition) is 5. The highest BCUT2D eigenvalue weighted by Crippen LogP contribution is 2.38. The van der Waals surface area contributed by atoms with Crippen molar-refractivity contribution < 1.29 is 9.53 Å². The normalized spacial score (nSPS) is 17.5. The number of methoxy groups -OCH3 is 1. The maximum absolute atomic E-state index is 14.2. The molecule has 1 fully saturated rings. The van der Waals surface area contributed by atoms with Crippen molar-refractivity contribution in [2.45, 2.75) is 58.2 Å². The van der Waals surface area contributed by atoms with Gasteiger partial charge in [-0.2, -0.15) is 0 Å². The summed E-state index contributed by atoms with van der Waals surface area (Å²) in [4.78, 5) is 21.5. The highest BCUT2D eigenvalue weighted by atomic mass is 35.5. The number of hydrogen-bond donors (Lipinski definition) is 1. The van der Waals surface area contributed by atoms with E-state index < -0.39 is 0 Å². The number of amides is 1. The number of carbonyl (C=O) groups is 1. The quantitative estimate of drug-likeness (QED) is 0.261. The third-order valence-electron chi connectivity index (χ3n) is 7.69. The van der Waals surface area contributed by atoms with E-state index in [9.17, 15) is 4.79 Å². The molecular formula is C31H34ClN3O2S. The number of thiophene rings is 1. The van der Waals surface area contributed by atoms with Crippen LogP contribution in [0.1, 0.15) is 52.3 Å². The van der Waals surface area contributed by atoms with E-state index in [0.29, 0.717) is 22.5 Å². The maximum atomic E-state index is 14.2. The summed E-state index contributed by atoms with van der Waals surface area (Å²) in [5.74, 6) is 0.764. The first-order chi connectivity index (χ1) is 18.4. The number of rotatable bonds is 7. The summed E-state index contributed by atoms with van der Waals surface area (Å²) in [6, 6.07) is 18.9. The molecule has 7 heteroatoms. The lowest BCUT2D eigenvalue weighted by Crippen LogP contribution is -2.44. The summed E-state index contributed by atoms with van der Waals surface area (Å²) >= 11 is 8.28. The van der Waals surface area contributed by atoms with E-state index in [-0.39, 0.29) is 11.9 Å². The molecule has 2 aromatic heterocycles. The van der Waals surface area contributed by atoms with Crippen LogP contribution in [-0.2, 0) is 6.54 Å². The van der Waals surface area contributed by atoms with Gasteiger partial charge in [0.15, 0.2) is 0 Å². The van der Waals surface area contributed by atoms with Crippen molar-refractivity contribution in [3.63, 3.8) is 0 Å². The van der Waals surface area contributed by atoms with E-state index in [0.717, 1.165) is 69.6 Å². The Hall–Kier alpha value is -2.93. The third kappa shape index (κ3) is 5.31. The zero-order chi connectivity index (χ0) is 26.8. The number of nitrogens with one attached hydrogen (secondary N) is 1. The first-order valence-corrected chi connectivity index (χ1v) is 14.4. The van der Waals surface area contributed by atoms with Crippen LogP contribution in [0.15, 0.2) is 54.6 Å². The number of carbonyl (C=O) groups excluding carboxylic acids is 1. The van der Waals surface area contributed by atoms with Gasteiger partial charge >= 0.3 is 0 Å². The second-order valence-electron chi connectivity index (χ2n) is 10.1. The number of fused-ring (bicyclic) bond motifs is 1. The molecule has 2 aromatic carbocycles. The second kappa shape index (κ2) is 11.4. The van der Waals surface area contributed by atoms with Gasteiger partial charge in [-0.25, -0.2) is 0 Å². The van der Waals surface area contributed by atoms with Crippen molar-refractivity contribution in [2.75, 3.05) is 14.2 Å². The van der Waals surface area contributed by atoms with Crippen LogP contribution < -0.4 is 10.1 Å². The van der Waals surface area contributed by atoms with E-state index in [1.807, 2.05) is 62.2 Å². The van der Waals surface area contributed by atoms with E-state index in [2.05, 4.69) is 28.5 Å². The Balaban J connectivity index is 1.54.